The van der Waals surface area contributed by atoms with E-state index in [2.05, 4.69) is 24.1 Å². The molecule has 0 radical (unpaired) electrons. The fraction of sp³-hybridized carbons (Fsp3) is 0.538. The Hall–Kier alpha value is -1.09. The van der Waals surface area contributed by atoms with E-state index >= 15 is 0 Å². The topological polar surface area (TPSA) is 15.3 Å². The van der Waals surface area contributed by atoms with Crippen LogP contribution in [0.4, 0.5) is 10.1 Å². The van der Waals surface area contributed by atoms with Gasteiger partial charge >= 0.3 is 0 Å². The van der Waals surface area contributed by atoms with Gasteiger partial charge in [-0.3, -0.25) is 0 Å². The summed E-state index contributed by atoms with van der Waals surface area (Å²) in [4.78, 5) is 2.35. The summed E-state index contributed by atoms with van der Waals surface area (Å²) in [6.07, 6.45) is 1.10. The molecule has 2 nitrogen and oxygen atoms in total. The Labute approximate surface area is 96.5 Å². The van der Waals surface area contributed by atoms with Gasteiger partial charge in [0.1, 0.15) is 5.82 Å². The van der Waals surface area contributed by atoms with Crippen molar-refractivity contribution in [2.75, 3.05) is 24.5 Å². The lowest BCUT2D eigenvalue weighted by Gasteiger charge is -2.38. The number of hydrogen-bond acceptors (Lipinski definition) is 2. The maximum Gasteiger partial charge on any atom is 0.123 e. The number of nitrogens with one attached hydrogen (secondary N) is 1. The molecule has 0 aliphatic carbocycles. The number of anilines is 1. The van der Waals surface area contributed by atoms with E-state index < -0.39 is 0 Å². The summed E-state index contributed by atoms with van der Waals surface area (Å²) in [7, 11) is 0. The zero-order valence-electron chi connectivity index (χ0n) is 9.96. The maximum absolute atomic E-state index is 12.9. The summed E-state index contributed by atoms with van der Waals surface area (Å²) >= 11 is 0. The van der Waals surface area contributed by atoms with E-state index in [4.69, 9.17) is 0 Å². The molecule has 1 aromatic rings. The van der Waals surface area contributed by atoms with Crippen molar-refractivity contribution < 1.29 is 4.39 Å². The van der Waals surface area contributed by atoms with E-state index in [1.54, 1.807) is 0 Å². The van der Waals surface area contributed by atoms with E-state index in [-0.39, 0.29) is 11.4 Å². The molecule has 1 aromatic carbocycles. The number of hydrogen-bond donors (Lipinski definition) is 1. The van der Waals surface area contributed by atoms with E-state index in [0.717, 1.165) is 31.7 Å². The zero-order chi connectivity index (χ0) is 11.6. The van der Waals surface area contributed by atoms with Crippen LogP contribution in [0.3, 0.4) is 0 Å². The second kappa shape index (κ2) is 4.42. The van der Waals surface area contributed by atoms with Crippen molar-refractivity contribution in [2.24, 2.45) is 0 Å². The first-order valence-corrected chi connectivity index (χ1v) is 5.83. The third-order valence-electron chi connectivity index (χ3n) is 3.29. The van der Waals surface area contributed by atoms with Crippen LogP contribution in [-0.2, 0) is 0 Å². The minimum atomic E-state index is -0.172. The molecule has 1 saturated heterocycles. The minimum Gasteiger partial charge on any atom is -0.365 e. The third-order valence-corrected chi connectivity index (χ3v) is 3.29. The molecule has 1 N–H and O–H groups in total. The first kappa shape index (κ1) is 11.4. The quantitative estimate of drug-likeness (QED) is 0.785. The lowest BCUT2D eigenvalue weighted by Crippen LogP contribution is -2.44. The first-order valence-electron chi connectivity index (χ1n) is 5.83. The van der Waals surface area contributed by atoms with Crippen LogP contribution in [0, 0.1) is 5.82 Å². The van der Waals surface area contributed by atoms with Crippen molar-refractivity contribution >= 4 is 5.69 Å². The molecule has 1 aliphatic rings. The van der Waals surface area contributed by atoms with Crippen LogP contribution in [0.1, 0.15) is 20.3 Å². The predicted octanol–water partition coefficient (Wildman–Crippen LogP) is 2.40. The molecule has 0 saturated carbocycles. The average Bonchev–Trinajstić information content (AvgIpc) is 2.41. The van der Waals surface area contributed by atoms with Crippen molar-refractivity contribution in [3.63, 3.8) is 0 Å². The molecule has 0 unspecified atom stereocenters. The van der Waals surface area contributed by atoms with Gasteiger partial charge in [0, 0.05) is 24.3 Å². The van der Waals surface area contributed by atoms with Crippen LogP contribution in [-0.4, -0.2) is 25.2 Å². The Balaban J connectivity index is 2.26. The van der Waals surface area contributed by atoms with Crippen LogP contribution < -0.4 is 10.2 Å². The lowest BCUT2D eigenvalue weighted by atomic mass is 9.98. The maximum atomic E-state index is 12.9. The highest BCUT2D eigenvalue weighted by molar-refractivity contribution is 5.49. The highest BCUT2D eigenvalue weighted by atomic mass is 19.1. The van der Waals surface area contributed by atoms with Crippen LogP contribution >= 0.6 is 0 Å². The molecule has 1 fully saturated rings. The molecule has 0 spiro atoms. The van der Waals surface area contributed by atoms with Gasteiger partial charge < -0.3 is 10.2 Å². The minimum absolute atomic E-state index is 0.126. The lowest BCUT2D eigenvalue weighted by molar-refractivity contribution is 0.453. The molecule has 0 bridgehead atoms. The summed E-state index contributed by atoms with van der Waals surface area (Å²) in [6, 6.07) is 6.79. The van der Waals surface area contributed by atoms with Crippen LogP contribution in [0.15, 0.2) is 24.3 Å². The van der Waals surface area contributed by atoms with Gasteiger partial charge in [-0.2, -0.15) is 0 Å². The molecule has 16 heavy (non-hydrogen) atoms. The average molecular weight is 222 g/mol. The standard InChI is InChI=1S/C13H19FN2/c1-13(2)7-8-15-9-10-16(13)12-5-3-11(14)4-6-12/h3-6,15H,7-10H2,1-2H3. The van der Waals surface area contributed by atoms with E-state index in [0.29, 0.717) is 0 Å². The summed E-state index contributed by atoms with van der Waals surface area (Å²) < 4.78 is 12.9. The van der Waals surface area contributed by atoms with Gasteiger partial charge in [-0.15, -0.1) is 0 Å². The van der Waals surface area contributed by atoms with Crippen molar-refractivity contribution in [1.29, 1.82) is 0 Å². The van der Waals surface area contributed by atoms with Gasteiger partial charge in [-0.25, -0.2) is 4.39 Å². The Morgan fingerprint density at radius 2 is 1.88 bits per heavy atom. The van der Waals surface area contributed by atoms with Crippen molar-refractivity contribution in [3.8, 4) is 0 Å². The molecule has 0 aromatic heterocycles. The molecule has 88 valence electrons. The Bertz CT molecular complexity index is 345. The first-order chi connectivity index (χ1) is 7.59. The van der Waals surface area contributed by atoms with E-state index in [9.17, 15) is 4.39 Å². The molecule has 2 rings (SSSR count). The molecular formula is C13H19FN2. The molecular weight excluding hydrogens is 203 g/mol. The van der Waals surface area contributed by atoms with Gasteiger partial charge in [-0.1, -0.05) is 0 Å². The van der Waals surface area contributed by atoms with Gasteiger partial charge in [0.15, 0.2) is 0 Å². The molecule has 1 heterocycles. The number of rotatable bonds is 1. The van der Waals surface area contributed by atoms with Crippen LogP contribution in [0.5, 0.6) is 0 Å². The van der Waals surface area contributed by atoms with Gasteiger partial charge in [0.2, 0.25) is 0 Å². The number of halogens is 1. The largest absolute Gasteiger partial charge is 0.365 e. The summed E-state index contributed by atoms with van der Waals surface area (Å²) in [5.41, 5.74) is 1.23. The highest BCUT2D eigenvalue weighted by Crippen LogP contribution is 2.27. The van der Waals surface area contributed by atoms with E-state index in [1.165, 1.54) is 12.1 Å². The predicted molar refractivity (Wildman–Crippen MR) is 65.3 cm³/mol. The normalized spacial score (nSPS) is 20.6. The highest BCUT2D eigenvalue weighted by Gasteiger charge is 2.28. The third kappa shape index (κ3) is 2.35. The van der Waals surface area contributed by atoms with Crippen LogP contribution in [0.25, 0.3) is 0 Å². The molecule has 1 aliphatic heterocycles. The van der Waals surface area contributed by atoms with Gasteiger partial charge in [0.05, 0.1) is 0 Å². The molecule has 3 heteroatoms. The molecule has 0 atom stereocenters. The van der Waals surface area contributed by atoms with Gasteiger partial charge in [0.25, 0.3) is 0 Å². The monoisotopic (exact) mass is 222 g/mol. The summed E-state index contributed by atoms with van der Waals surface area (Å²) in [5, 5.41) is 3.40. The number of nitrogens with zero attached hydrogens (tertiary/aromatic N) is 1. The fourth-order valence-electron chi connectivity index (χ4n) is 2.25. The SMILES string of the molecule is CC1(C)CCNCCN1c1ccc(F)cc1. The van der Waals surface area contributed by atoms with Crippen molar-refractivity contribution in [2.45, 2.75) is 25.8 Å². The summed E-state index contributed by atoms with van der Waals surface area (Å²) in [5.74, 6) is -0.172. The molecule has 0 amide bonds. The number of benzene rings is 1. The van der Waals surface area contributed by atoms with Crippen molar-refractivity contribution in [1.82, 2.24) is 5.32 Å². The second-order valence-corrected chi connectivity index (χ2v) is 4.94. The summed E-state index contributed by atoms with van der Waals surface area (Å²) in [6.45, 7) is 7.48. The Morgan fingerprint density at radius 3 is 2.56 bits per heavy atom. The fourth-order valence-corrected chi connectivity index (χ4v) is 2.25. The zero-order valence-corrected chi connectivity index (χ0v) is 9.96. The Morgan fingerprint density at radius 1 is 1.19 bits per heavy atom. The second-order valence-electron chi connectivity index (χ2n) is 4.94. The smallest absolute Gasteiger partial charge is 0.123 e. The van der Waals surface area contributed by atoms with Crippen molar-refractivity contribution in [3.05, 3.63) is 30.1 Å². The van der Waals surface area contributed by atoms with E-state index in [1.807, 2.05) is 12.1 Å². The Kier molecular flexibility index (Phi) is 3.15. The van der Waals surface area contributed by atoms with Crippen LogP contribution in [0.2, 0.25) is 0 Å². The van der Waals surface area contributed by atoms with Gasteiger partial charge in [-0.05, 0) is 51.1 Å².